The Morgan fingerprint density at radius 3 is 2.62 bits per heavy atom. The molecule has 0 aliphatic rings. The van der Waals surface area contributed by atoms with E-state index in [0.29, 0.717) is 5.75 Å². The molecule has 0 aliphatic carbocycles. The largest absolute Gasteiger partial charge is 0.492 e. The highest BCUT2D eigenvalue weighted by Gasteiger charge is 2.24. The van der Waals surface area contributed by atoms with Crippen molar-refractivity contribution in [1.82, 2.24) is 20.1 Å². The molecule has 0 saturated carbocycles. The van der Waals surface area contributed by atoms with E-state index in [4.69, 9.17) is 9.47 Å². The number of carbonyl (C=O) groups excluding carboxylic acids is 2. The Balaban J connectivity index is 1.46. The fraction of sp³-hybridized carbons (Fsp3) is 0.200. The van der Waals surface area contributed by atoms with Crippen LogP contribution < -0.4 is 15.6 Å². The van der Waals surface area contributed by atoms with Crippen LogP contribution in [0.5, 0.6) is 5.75 Å². The van der Waals surface area contributed by atoms with Gasteiger partial charge in [-0.2, -0.15) is 5.10 Å². The summed E-state index contributed by atoms with van der Waals surface area (Å²) < 4.78 is 11.7. The van der Waals surface area contributed by atoms with Crippen LogP contribution in [-0.4, -0.2) is 46.4 Å². The third kappa shape index (κ3) is 5.32. The summed E-state index contributed by atoms with van der Waals surface area (Å²) in [5, 5.41) is 7.78. The molecule has 2 aromatic carbocycles. The van der Waals surface area contributed by atoms with Crippen molar-refractivity contribution in [1.29, 1.82) is 0 Å². The molecule has 0 unspecified atom stereocenters. The summed E-state index contributed by atoms with van der Waals surface area (Å²) in [6, 6.07) is 18.5. The number of benzene rings is 2. The van der Waals surface area contributed by atoms with E-state index < -0.39 is 17.9 Å². The van der Waals surface area contributed by atoms with Crippen LogP contribution in [-0.2, 0) is 22.5 Å². The predicted molar refractivity (Wildman–Crippen MR) is 126 cm³/mol. The number of H-pyrrole nitrogens is 1. The topological polar surface area (TPSA) is 115 Å². The number of esters is 1. The fourth-order valence-electron chi connectivity index (χ4n) is 3.59. The van der Waals surface area contributed by atoms with Crippen LogP contribution in [0.25, 0.3) is 10.9 Å². The summed E-state index contributed by atoms with van der Waals surface area (Å²) in [7, 11) is 1.27. The van der Waals surface area contributed by atoms with Gasteiger partial charge in [-0.05, 0) is 29.8 Å². The van der Waals surface area contributed by atoms with Crippen molar-refractivity contribution in [2.75, 3.05) is 13.7 Å². The van der Waals surface area contributed by atoms with E-state index in [1.807, 2.05) is 42.5 Å². The summed E-state index contributed by atoms with van der Waals surface area (Å²) >= 11 is 0. The van der Waals surface area contributed by atoms with Crippen molar-refractivity contribution < 1.29 is 19.1 Å². The van der Waals surface area contributed by atoms with Crippen LogP contribution in [0.1, 0.15) is 16.1 Å². The lowest BCUT2D eigenvalue weighted by atomic mass is 10.0. The van der Waals surface area contributed by atoms with Crippen molar-refractivity contribution in [3.63, 3.8) is 0 Å². The number of nitrogens with one attached hydrogen (secondary N) is 2. The first-order valence-electron chi connectivity index (χ1n) is 10.7. The van der Waals surface area contributed by atoms with Crippen LogP contribution in [0.4, 0.5) is 0 Å². The first-order valence-corrected chi connectivity index (χ1v) is 10.7. The Bertz CT molecular complexity index is 1350. The second kappa shape index (κ2) is 10.5. The van der Waals surface area contributed by atoms with Gasteiger partial charge in [-0.1, -0.05) is 36.4 Å². The number of aromatic amines is 1. The van der Waals surface area contributed by atoms with E-state index in [2.05, 4.69) is 15.4 Å². The van der Waals surface area contributed by atoms with E-state index in [1.54, 1.807) is 18.3 Å². The summed E-state index contributed by atoms with van der Waals surface area (Å²) in [6.45, 7) is 0.359. The van der Waals surface area contributed by atoms with Gasteiger partial charge in [0.15, 0.2) is 0 Å². The molecule has 2 N–H and O–H groups in total. The number of amides is 1. The quantitative estimate of drug-likeness (QED) is 0.371. The molecule has 4 aromatic rings. The molecule has 0 saturated heterocycles. The molecule has 0 radical (unpaired) electrons. The van der Waals surface area contributed by atoms with Gasteiger partial charge in [-0.15, -0.1) is 0 Å². The average molecular weight is 460 g/mol. The van der Waals surface area contributed by atoms with Gasteiger partial charge in [0.2, 0.25) is 0 Å². The third-order valence-electron chi connectivity index (χ3n) is 5.30. The van der Waals surface area contributed by atoms with E-state index in [-0.39, 0.29) is 30.8 Å². The molecule has 2 aromatic heterocycles. The van der Waals surface area contributed by atoms with Crippen molar-refractivity contribution in [3.8, 4) is 5.75 Å². The zero-order chi connectivity index (χ0) is 23.9. The van der Waals surface area contributed by atoms with E-state index in [0.717, 1.165) is 21.1 Å². The number of nitrogens with zero attached hydrogens (tertiary/aromatic N) is 2. The van der Waals surface area contributed by atoms with Gasteiger partial charge in [0, 0.05) is 29.6 Å². The van der Waals surface area contributed by atoms with E-state index in [9.17, 15) is 14.4 Å². The van der Waals surface area contributed by atoms with Gasteiger partial charge < -0.3 is 19.8 Å². The Hall–Kier alpha value is -4.40. The second-order valence-corrected chi connectivity index (χ2v) is 7.55. The highest BCUT2D eigenvalue weighted by molar-refractivity contribution is 5.95. The number of methoxy groups -OCH3 is 1. The standard InChI is InChI=1S/C25H24N4O5/c1-33-25(32)22(15-17-16-26-20-10-6-5-9-19(17)20)27-24(31)21-11-12-23(30)29(28-21)13-14-34-18-7-3-2-4-8-18/h2-12,16,22,26H,13-15H2,1H3,(H,27,31)/t22-/m1/s1. The Kier molecular flexibility index (Phi) is 7.02. The number of carbonyl (C=O) groups is 2. The maximum atomic E-state index is 12.9. The summed E-state index contributed by atoms with van der Waals surface area (Å²) in [6.07, 6.45) is 2.03. The summed E-state index contributed by atoms with van der Waals surface area (Å²) in [4.78, 5) is 40.6. The minimum Gasteiger partial charge on any atom is -0.492 e. The lowest BCUT2D eigenvalue weighted by Gasteiger charge is -2.16. The summed E-state index contributed by atoms with van der Waals surface area (Å²) in [5.74, 6) is -0.501. The third-order valence-corrected chi connectivity index (χ3v) is 5.30. The minimum atomic E-state index is -0.930. The van der Waals surface area contributed by atoms with Gasteiger partial charge in [0.05, 0.1) is 13.7 Å². The van der Waals surface area contributed by atoms with Crippen LogP contribution in [0.2, 0.25) is 0 Å². The van der Waals surface area contributed by atoms with Gasteiger partial charge >= 0.3 is 5.97 Å². The number of hydrogen-bond donors (Lipinski definition) is 2. The smallest absolute Gasteiger partial charge is 0.328 e. The van der Waals surface area contributed by atoms with Gasteiger partial charge in [0.25, 0.3) is 11.5 Å². The molecule has 0 spiro atoms. The Labute approximate surface area is 195 Å². The van der Waals surface area contributed by atoms with Gasteiger partial charge in [-0.3, -0.25) is 9.59 Å². The van der Waals surface area contributed by atoms with Crippen molar-refractivity contribution in [2.24, 2.45) is 0 Å². The molecule has 2 heterocycles. The van der Waals surface area contributed by atoms with E-state index in [1.165, 1.54) is 19.2 Å². The molecule has 4 rings (SSSR count). The predicted octanol–water partition coefficient (Wildman–Crippen LogP) is 2.32. The van der Waals surface area contributed by atoms with Crippen LogP contribution in [0, 0.1) is 0 Å². The normalized spacial score (nSPS) is 11.7. The number of rotatable bonds is 9. The molecule has 9 nitrogen and oxygen atoms in total. The monoisotopic (exact) mass is 460 g/mol. The van der Waals surface area contributed by atoms with Crippen molar-refractivity contribution in [3.05, 3.63) is 94.5 Å². The van der Waals surface area contributed by atoms with Gasteiger partial charge in [-0.25, -0.2) is 9.48 Å². The van der Waals surface area contributed by atoms with Gasteiger partial charge in [0.1, 0.15) is 24.1 Å². The minimum absolute atomic E-state index is 0.00661. The molecule has 174 valence electrons. The second-order valence-electron chi connectivity index (χ2n) is 7.55. The lowest BCUT2D eigenvalue weighted by molar-refractivity contribution is -0.142. The number of fused-ring (bicyclic) bond motifs is 1. The van der Waals surface area contributed by atoms with E-state index >= 15 is 0 Å². The maximum absolute atomic E-state index is 12.9. The highest BCUT2D eigenvalue weighted by Crippen LogP contribution is 2.19. The van der Waals surface area contributed by atoms with Crippen LogP contribution in [0.15, 0.2) is 77.7 Å². The lowest BCUT2D eigenvalue weighted by Crippen LogP contribution is -2.43. The SMILES string of the molecule is COC(=O)[C@@H](Cc1c[nH]c2ccccc12)NC(=O)c1ccc(=O)n(CCOc2ccccc2)n1. The number of para-hydroxylation sites is 2. The summed E-state index contributed by atoms with van der Waals surface area (Å²) in [5.41, 5.74) is 1.44. The molecule has 1 amide bonds. The number of aromatic nitrogens is 3. The number of hydrogen-bond acceptors (Lipinski definition) is 6. The Morgan fingerprint density at radius 2 is 1.82 bits per heavy atom. The number of ether oxygens (including phenoxy) is 2. The molecule has 34 heavy (non-hydrogen) atoms. The Morgan fingerprint density at radius 1 is 1.06 bits per heavy atom. The van der Waals surface area contributed by atoms with Crippen molar-refractivity contribution >= 4 is 22.8 Å². The fourth-order valence-corrected chi connectivity index (χ4v) is 3.59. The van der Waals surface area contributed by atoms with Crippen LogP contribution in [0.3, 0.4) is 0 Å². The average Bonchev–Trinajstić information content (AvgIpc) is 3.27. The first-order chi connectivity index (χ1) is 16.5. The molecule has 0 bridgehead atoms. The molecular formula is C25H24N4O5. The molecule has 9 heteroatoms. The zero-order valence-electron chi connectivity index (χ0n) is 18.6. The highest BCUT2D eigenvalue weighted by atomic mass is 16.5. The van der Waals surface area contributed by atoms with Crippen LogP contribution >= 0.6 is 0 Å². The first kappa shape index (κ1) is 22.8. The molecule has 1 atom stereocenters. The molecule has 0 aliphatic heterocycles. The zero-order valence-corrected chi connectivity index (χ0v) is 18.6. The molecule has 0 fully saturated rings. The maximum Gasteiger partial charge on any atom is 0.328 e. The molecular weight excluding hydrogens is 436 g/mol. The van der Waals surface area contributed by atoms with Crippen molar-refractivity contribution in [2.45, 2.75) is 19.0 Å².